The quantitative estimate of drug-likeness (QED) is 0.567. The number of hydrogen-bond acceptors (Lipinski definition) is 5. The Morgan fingerprint density at radius 1 is 1.31 bits per heavy atom. The normalized spacial score (nSPS) is 11.7. The van der Waals surface area contributed by atoms with E-state index in [1.54, 1.807) is 41.7 Å². The maximum Gasteiger partial charge on any atom is 0.243 e. The largest absolute Gasteiger partial charge is 0.350 e. The van der Waals surface area contributed by atoms with Gasteiger partial charge in [-0.15, -0.1) is 0 Å². The van der Waals surface area contributed by atoms with Crippen molar-refractivity contribution in [2.45, 2.75) is 25.9 Å². The molecule has 0 saturated heterocycles. The summed E-state index contributed by atoms with van der Waals surface area (Å²) in [4.78, 5) is 39.2. The van der Waals surface area contributed by atoms with Crippen LogP contribution >= 0.6 is 0 Å². The number of H-pyrrole nitrogens is 1. The Bertz CT molecular complexity index is 859. The molecule has 0 aromatic carbocycles. The molecule has 134 valence electrons. The van der Waals surface area contributed by atoms with Crippen LogP contribution in [0.15, 0.2) is 49.6 Å². The third-order valence-electron chi connectivity index (χ3n) is 3.74. The summed E-state index contributed by atoms with van der Waals surface area (Å²) in [6.07, 6.45) is 10.3. The van der Waals surface area contributed by atoms with Gasteiger partial charge >= 0.3 is 0 Å². The molecular weight excluding hydrogens is 334 g/mol. The highest BCUT2D eigenvalue weighted by Crippen LogP contribution is 2.10. The first-order valence-corrected chi connectivity index (χ1v) is 8.08. The fourth-order valence-electron chi connectivity index (χ4n) is 2.56. The Labute approximate surface area is 149 Å². The fraction of sp³-hybridized carbons (Fsp3) is 0.235. The third kappa shape index (κ3) is 4.32. The van der Waals surface area contributed by atoms with Gasteiger partial charge in [0.15, 0.2) is 0 Å². The summed E-state index contributed by atoms with van der Waals surface area (Å²) in [5.41, 5.74) is 1.60. The van der Waals surface area contributed by atoms with Crippen molar-refractivity contribution in [2.75, 3.05) is 0 Å². The highest BCUT2D eigenvalue weighted by Gasteiger charge is 2.20. The molecule has 0 spiro atoms. The Morgan fingerprint density at radius 2 is 2.19 bits per heavy atom. The summed E-state index contributed by atoms with van der Waals surface area (Å²) in [6.45, 7) is 1.66. The van der Waals surface area contributed by atoms with Crippen LogP contribution in [-0.4, -0.2) is 42.4 Å². The van der Waals surface area contributed by atoms with Gasteiger partial charge in [0.1, 0.15) is 18.2 Å². The molecular formula is C17H19N7O2. The molecule has 3 rings (SSSR count). The molecule has 1 atom stereocenters. The van der Waals surface area contributed by atoms with Crippen LogP contribution in [0.3, 0.4) is 0 Å². The predicted molar refractivity (Wildman–Crippen MR) is 93.1 cm³/mol. The average Bonchev–Trinajstić information content (AvgIpc) is 3.33. The monoisotopic (exact) mass is 353 g/mol. The van der Waals surface area contributed by atoms with Crippen LogP contribution in [0, 0.1) is 0 Å². The standard InChI is InChI=1S/C17H19N7O2/c1-12(25)23-15(7-14-9-19-10-22-14)17(26)21-8-13-3-2-4-20-16(13)24-6-5-18-11-24/h2-6,9-11,15H,7-8H2,1H3,(H,19,22)(H,21,26)(H,23,25)/t15-/m0/s1. The minimum Gasteiger partial charge on any atom is -0.350 e. The van der Waals surface area contributed by atoms with Crippen LogP contribution in [0.4, 0.5) is 0 Å². The van der Waals surface area contributed by atoms with Gasteiger partial charge in [0.05, 0.1) is 6.33 Å². The number of rotatable bonds is 7. The summed E-state index contributed by atoms with van der Waals surface area (Å²) in [7, 11) is 0. The molecule has 0 radical (unpaired) electrons. The van der Waals surface area contributed by atoms with E-state index in [-0.39, 0.29) is 18.4 Å². The molecule has 0 bridgehead atoms. The zero-order valence-corrected chi connectivity index (χ0v) is 14.2. The van der Waals surface area contributed by atoms with E-state index in [9.17, 15) is 9.59 Å². The van der Waals surface area contributed by atoms with Crippen LogP contribution in [0.1, 0.15) is 18.2 Å². The van der Waals surface area contributed by atoms with Crippen molar-refractivity contribution < 1.29 is 9.59 Å². The van der Waals surface area contributed by atoms with Gasteiger partial charge in [0, 0.05) is 55.9 Å². The number of amides is 2. The topological polar surface area (TPSA) is 118 Å². The molecule has 26 heavy (non-hydrogen) atoms. The molecule has 3 N–H and O–H groups in total. The molecule has 3 aromatic rings. The van der Waals surface area contributed by atoms with Gasteiger partial charge in [-0.2, -0.15) is 0 Å². The molecule has 0 aliphatic heterocycles. The fourth-order valence-corrected chi connectivity index (χ4v) is 2.56. The van der Waals surface area contributed by atoms with Crippen molar-refractivity contribution in [3.8, 4) is 5.82 Å². The second kappa shape index (κ2) is 8.06. The number of nitrogens with one attached hydrogen (secondary N) is 3. The number of carbonyl (C=O) groups excluding carboxylic acids is 2. The van der Waals surface area contributed by atoms with Crippen molar-refractivity contribution in [1.82, 2.24) is 35.1 Å². The highest BCUT2D eigenvalue weighted by molar-refractivity contribution is 5.87. The molecule has 0 saturated carbocycles. The Balaban J connectivity index is 1.69. The number of nitrogens with zero attached hydrogens (tertiary/aromatic N) is 4. The Morgan fingerprint density at radius 3 is 2.88 bits per heavy atom. The molecule has 0 aliphatic rings. The number of aromatic amines is 1. The lowest BCUT2D eigenvalue weighted by atomic mass is 10.1. The molecule has 3 heterocycles. The van der Waals surface area contributed by atoms with E-state index in [1.807, 2.05) is 6.07 Å². The van der Waals surface area contributed by atoms with E-state index in [0.717, 1.165) is 11.3 Å². The SMILES string of the molecule is CC(=O)N[C@@H](Cc1cnc[nH]1)C(=O)NCc1cccnc1-n1ccnc1. The van der Waals surface area contributed by atoms with Gasteiger partial charge in [0.25, 0.3) is 0 Å². The van der Waals surface area contributed by atoms with Crippen LogP contribution < -0.4 is 10.6 Å². The third-order valence-corrected chi connectivity index (χ3v) is 3.74. The van der Waals surface area contributed by atoms with E-state index in [2.05, 4.69) is 30.6 Å². The zero-order valence-electron chi connectivity index (χ0n) is 14.2. The smallest absolute Gasteiger partial charge is 0.243 e. The zero-order chi connectivity index (χ0) is 18.4. The second-order valence-corrected chi connectivity index (χ2v) is 5.71. The number of imidazole rings is 2. The van der Waals surface area contributed by atoms with Gasteiger partial charge in [0.2, 0.25) is 11.8 Å². The lowest BCUT2D eigenvalue weighted by Gasteiger charge is -2.17. The minimum absolute atomic E-state index is 0.273. The summed E-state index contributed by atoms with van der Waals surface area (Å²) >= 11 is 0. The van der Waals surface area contributed by atoms with Crippen LogP contribution in [0.25, 0.3) is 5.82 Å². The average molecular weight is 353 g/mol. The van der Waals surface area contributed by atoms with Crippen molar-refractivity contribution in [2.24, 2.45) is 0 Å². The van der Waals surface area contributed by atoms with Crippen molar-refractivity contribution in [3.05, 3.63) is 60.8 Å². The van der Waals surface area contributed by atoms with Crippen LogP contribution in [-0.2, 0) is 22.6 Å². The van der Waals surface area contributed by atoms with E-state index >= 15 is 0 Å². The first-order valence-electron chi connectivity index (χ1n) is 8.08. The Hall–Kier alpha value is -3.49. The van der Waals surface area contributed by atoms with Gasteiger partial charge < -0.3 is 15.6 Å². The number of hydrogen-bond donors (Lipinski definition) is 3. The highest BCUT2D eigenvalue weighted by atomic mass is 16.2. The van der Waals surface area contributed by atoms with Gasteiger partial charge in [-0.05, 0) is 6.07 Å². The lowest BCUT2D eigenvalue weighted by molar-refractivity contribution is -0.128. The molecule has 9 heteroatoms. The molecule has 3 aromatic heterocycles. The van der Waals surface area contributed by atoms with Crippen molar-refractivity contribution in [1.29, 1.82) is 0 Å². The van der Waals surface area contributed by atoms with E-state index in [0.29, 0.717) is 12.2 Å². The minimum atomic E-state index is -0.693. The number of pyridine rings is 1. The Kier molecular flexibility index (Phi) is 5.37. The summed E-state index contributed by atoms with van der Waals surface area (Å²) in [5, 5.41) is 5.52. The molecule has 0 fully saturated rings. The first-order chi connectivity index (χ1) is 12.6. The second-order valence-electron chi connectivity index (χ2n) is 5.71. The number of carbonyl (C=O) groups is 2. The van der Waals surface area contributed by atoms with Gasteiger partial charge in [-0.3, -0.25) is 14.2 Å². The molecule has 2 amide bonds. The number of aromatic nitrogens is 5. The molecule has 0 unspecified atom stereocenters. The van der Waals surface area contributed by atoms with Gasteiger partial charge in [-0.1, -0.05) is 6.07 Å². The van der Waals surface area contributed by atoms with Gasteiger partial charge in [-0.25, -0.2) is 15.0 Å². The maximum atomic E-state index is 12.6. The van der Waals surface area contributed by atoms with Crippen molar-refractivity contribution >= 4 is 11.8 Å². The molecule has 0 aliphatic carbocycles. The van der Waals surface area contributed by atoms with E-state index < -0.39 is 6.04 Å². The van der Waals surface area contributed by atoms with Crippen molar-refractivity contribution in [3.63, 3.8) is 0 Å². The lowest BCUT2D eigenvalue weighted by Crippen LogP contribution is -2.47. The van der Waals surface area contributed by atoms with E-state index in [1.165, 1.54) is 13.3 Å². The molecule has 9 nitrogen and oxygen atoms in total. The maximum absolute atomic E-state index is 12.6. The van der Waals surface area contributed by atoms with E-state index in [4.69, 9.17) is 0 Å². The summed E-state index contributed by atoms with van der Waals surface area (Å²) < 4.78 is 1.78. The van der Waals surface area contributed by atoms with Crippen LogP contribution in [0.5, 0.6) is 0 Å². The first kappa shape index (κ1) is 17.3. The van der Waals surface area contributed by atoms with Crippen LogP contribution in [0.2, 0.25) is 0 Å². The summed E-state index contributed by atoms with van der Waals surface area (Å²) in [5.74, 6) is 0.135. The predicted octanol–water partition coefficient (Wildman–Crippen LogP) is 0.354. The summed E-state index contributed by atoms with van der Waals surface area (Å²) in [6, 6.07) is 2.99.